The molecule has 0 aromatic rings. The Kier molecular flexibility index (Phi) is 3.66. The second-order valence-corrected chi connectivity index (χ2v) is 5.87. The summed E-state index contributed by atoms with van der Waals surface area (Å²) >= 11 is 0. The summed E-state index contributed by atoms with van der Waals surface area (Å²) in [6.45, 7) is 2.26. The van der Waals surface area contributed by atoms with Crippen molar-refractivity contribution in [1.29, 1.82) is 0 Å². The van der Waals surface area contributed by atoms with Crippen LogP contribution in [0.25, 0.3) is 0 Å². The van der Waals surface area contributed by atoms with Gasteiger partial charge in [0.15, 0.2) is 9.84 Å². The van der Waals surface area contributed by atoms with Crippen LogP contribution in [0.15, 0.2) is 0 Å². The molecule has 1 rings (SSSR count). The number of sulfone groups is 1. The molecule has 1 saturated heterocycles. The number of hydrogen-bond donors (Lipinski definition) is 0. The Morgan fingerprint density at radius 1 is 1.50 bits per heavy atom. The molecule has 0 aromatic heterocycles. The molecule has 1 aliphatic heterocycles. The largest absolute Gasteiger partial charge is 0.374 e. The normalized spacial score (nSPS) is 31.2. The molecule has 0 radical (unpaired) electrons. The number of carbonyl (C=O) groups is 1. The van der Waals surface area contributed by atoms with E-state index in [4.69, 9.17) is 4.74 Å². The molecule has 0 saturated carbocycles. The highest BCUT2D eigenvalue weighted by Gasteiger charge is 2.39. The van der Waals surface area contributed by atoms with Crippen LogP contribution in [0, 0.1) is 0 Å². The second-order valence-electron chi connectivity index (χ2n) is 3.68. The van der Waals surface area contributed by atoms with E-state index in [2.05, 4.69) is 0 Å². The van der Waals surface area contributed by atoms with Crippen molar-refractivity contribution >= 4 is 16.1 Å². The van der Waals surface area contributed by atoms with Gasteiger partial charge in [0.1, 0.15) is 6.29 Å². The molecule has 1 unspecified atom stereocenters. The molecule has 1 aliphatic rings. The molecule has 1 fully saturated rings. The molecule has 82 valence electrons. The highest BCUT2D eigenvalue weighted by molar-refractivity contribution is 7.91. The molecule has 0 aromatic carbocycles. The Balaban J connectivity index is 2.80. The topological polar surface area (TPSA) is 60.4 Å². The molecule has 4 nitrogen and oxygen atoms in total. The van der Waals surface area contributed by atoms with Crippen LogP contribution in [-0.4, -0.2) is 38.4 Å². The minimum atomic E-state index is -3.02. The van der Waals surface area contributed by atoms with Gasteiger partial charge in [0.2, 0.25) is 0 Å². The smallest absolute Gasteiger partial charge is 0.153 e. The zero-order valence-corrected chi connectivity index (χ0v) is 9.18. The molecule has 1 atom stereocenters. The fraction of sp³-hybridized carbons (Fsp3) is 0.889. The van der Waals surface area contributed by atoms with E-state index in [0.717, 1.165) is 6.29 Å². The van der Waals surface area contributed by atoms with E-state index in [1.165, 1.54) is 0 Å². The number of aldehydes is 1. The van der Waals surface area contributed by atoms with Gasteiger partial charge >= 0.3 is 0 Å². The number of rotatable bonds is 4. The SMILES string of the molecule is CCOC1(CC=O)CCCS(=O)(=O)C1. The van der Waals surface area contributed by atoms with Crippen LogP contribution < -0.4 is 0 Å². The lowest BCUT2D eigenvalue weighted by Gasteiger charge is -2.35. The maximum atomic E-state index is 11.4. The summed E-state index contributed by atoms with van der Waals surface area (Å²) in [5, 5.41) is 0. The van der Waals surface area contributed by atoms with Crippen molar-refractivity contribution in [2.24, 2.45) is 0 Å². The summed E-state index contributed by atoms with van der Waals surface area (Å²) in [5.74, 6) is 0.216. The summed E-state index contributed by atoms with van der Waals surface area (Å²) in [7, 11) is -3.02. The molecule has 0 amide bonds. The molecule has 5 heteroatoms. The third-order valence-corrected chi connectivity index (χ3v) is 4.35. The summed E-state index contributed by atoms with van der Waals surface area (Å²) < 4.78 is 28.3. The second kappa shape index (κ2) is 4.40. The van der Waals surface area contributed by atoms with E-state index in [1.807, 2.05) is 6.92 Å². The molecule has 1 heterocycles. The van der Waals surface area contributed by atoms with E-state index >= 15 is 0 Å². The van der Waals surface area contributed by atoms with Crippen molar-refractivity contribution < 1.29 is 17.9 Å². The van der Waals surface area contributed by atoms with E-state index in [1.54, 1.807) is 0 Å². The zero-order valence-electron chi connectivity index (χ0n) is 8.36. The van der Waals surface area contributed by atoms with Gasteiger partial charge in [-0.05, 0) is 19.8 Å². The average molecular weight is 220 g/mol. The van der Waals surface area contributed by atoms with Crippen molar-refractivity contribution in [3.63, 3.8) is 0 Å². The Bertz CT molecular complexity index is 292. The summed E-state index contributed by atoms with van der Waals surface area (Å²) in [5.41, 5.74) is -0.742. The van der Waals surface area contributed by atoms with Crippen LogP contribution in [0.2, 0.25) is 0 Å². The van der Waals surface area contributed by atoms with Gasteiger partial charge in [0, 0.05) is 13.0 Å². The maximum Gasteiger partial charge on any atom is 0.153 e. The first-order valence-electron chi connectivity index (χ1n) is 4.82. The molecular weight excluding hydrogens is 204 g/mol. The highest BCUT2D eigenvalue weighted by Crippen LogP contribution is 2.29. The van der Waals surface area contributed by atoms with Gasteiger partial charge < -0.3 is 9.53 Å². The maximum absolute atomic E-state index is 11.4. The standard InChI is InChI=1S/C9H16O4S/c1-2-13-9(5-6-10)4-3-7-14(11,12)8-9/h6H,2-5,7-8H2,1H3. The fourth-order valence-corrected chi connectivity index (χ4v) is 3.83. The molecular formula is C9H16O4S. The molecule has 14 heavy (non-hydrogen) atoms. The van der Waals surface area contributed by atoms with Gasteiger partial charge in [-0.2, -0.15) is 0 Å². The lowest BCUT2D eigenvalue weighted by molar-refractivity contribution is -0.114. The third kappa shape index (κ3) is 2.78. The first-order valence-corrected chi connectivity index (χ1v) is 6.64. The molecule has 0 aliphatic carbocycles. The Labute approximate surface area is 84.6 Å². The first kappa shape index (κ1) is 11.7. The monoisotopic (exact) mass is 220 g/mol. The van der Waals surface area contributed by atoms with Crippen molar-refractivity contribution in [1.82, 2.24) is 0 Å². The Hall–Kier alpha value is -0.420. The lowest BCUT2D eigenvalue weighted by Crippen LogP contribution is -2.45. The van der Waals surface area contributed by atoms with Crippen LogP contribution in [0.5, 0.6) is 0 Å². The van der Waals surface area contributed by atoms with Crippen LogP contribution in [0.1, 0.15) is 26.2 Å². The van der Waals surface area contributed by atoms with Crippen molar-refractivity contribution in [2.45, 2.75) is 31.8 Å². The van der Waals surface area contributed by atoms with Gasteiger partial charge in [0.05, 0.1) is 17.1 Å². The summed E-state index contributed by atoms with van der Waals surface area (Å²) in [4.78, 5) is 10.5. The summed E-state index contributed by atoms with van der Waals surface area (Å²) in [6, 6.07) is 0. The van der Waals surface area contributed by atoms with Gasteiger partial charge in [-0.15, -0.1) is 0 Å². The average Bonchev–Trinajstić information content (AvgIpc) is 2.02. The van der Waals surface area contributed by atoms with Gasteiger partial charge in [-0.25, -0.2) is 8.42 Å². The van der Waals surface area contributed by atoms with E-state index < -0.39 is 15.4 Å². The van der Waals surface area contributed by atoms with Gasteiger partial charge in [-0.1, -0.05) is 0 Å². The lowest BCUT2D eigenvalue weighted by atomic mass is 9.96. The van der Waals surface area contributed by atoms with E-state index in [-0.39, 0.29) is 17.9 Å². The molecule has 0 spiro atoms. The van der Waals surface area contributed by atoms with Crippen molar-refractivity contribution in [3.8, 4) is 0 Å². The van der Waals surface area contributed by atoms with Crippen molar-refractivity contribution in [3.05, 3.63) is 0 Å². The Morgan fingerprint density at radius 2 is 2.21 bits per heavy atom. The van der Waals surface area contributed by atoms with E-state index in [9.17, 15) is 13.2 Å². The van der Waals surface area contributed by atoms with Crippen LogP contribution in [0.4, 0.5) is 0 Å². The van der Waals surface area contributed by atoms with Crippen LogP contribution in [-0.2, 0) is 19.4 Å². The third-order valence-electron chi connectivity index (χ3n) is 2.48. The molecule has 0 bridgehead atoms. The van der Waals surface area contributed by atoms with Crippen molar-refractivity contribution in [2.75, 3.05) is 18.1 Å². The predicted molar refractivity (Wildman–Crippen MR) is 52.9 cm³/mol. The van der Waals surface area contributed by atoms with Gasteiger partial charge in [-0.3, -0.25) is 0 Å². The van der Waals surface area contributed by atoms with Gasteiger partial charge in [0.25, 0.3) is 0 Å². The number of carbonyl (C=O) groups excluding carboxylic acids is 1. The fourth-order valence-electron chi connectivity index (χ4n) is 1.95. The quantitative estimate of drug-likeness (QED) is 0.649. The highest BCUT2D eigenvalue weighted by atomic mass is 32.2. The first-order chi connectivity index (χ1) is 6.54. The Morgan fingerprint density at radius 3 is 2.71 bits per heavy atom. The number of ether oxygens (including phenoxy) is 1. The minimum Gasteiger partial charge on any atom is -0.374 e. The van der Waals surface area contributed by atoms with E-state index in [0.29, 0.717) is 19.4 Å². The minimum absolute atomic E-state index is 0.00736. The number of hydrogen-bond acceptors (Lipinski definition) is 4. The van der Waals surface area contributed by atoms with Crippen LogP contribution >= 0.6 is 0 Å². The summed E-state index contributed by atoms with van der Waals surface area (Å²) in [6.07, 6.45) is 2.19. The molecule has 0 N–H and O–H groups in total. The van der Waals surface area contributed by atoms with Crippen LogP contribution in [0.3, 0.4) is 0 Å². The predicted octanol–water partition coefficient (Wildman–Crippen LogP) is 0.559. The zero-order chi connectivity index (χ0) is 10.7.